The van der Waals surface area contributed by atoms with Gasteiger partial charge in [0.2, 0.25) is 0 Å². The van der Waals surface area contributed by atoms with Crippen molar-refractivity contribution in [3.05, 3.63) is 0 Å². The third kappa shape index (κ3) is 4.55. The van der Waals surface area contributed by atoms with E-state index in [0.29, 0.717) is 18.7 Å². The summed E-state index contributed by atoms with van der Waals surface area (Å²) in [5, 5.41) is 16.5. The molecule has 0 aromatic carbocycles. The van der Waals surface area contributed by atoms with E-state index in [0.717, 1.165) is 51.2 Å². The zero-order chi connectivity index (χ0) is 16.9. The van der Waals surface area contributed by atoms with E-state index < -0.39 is 0 Å². The average molecular weight is 453 g/mol. The summed E-state index contributed by atoms with van der Waals surface area (Å²) < 4.78 is 5.96. The molecule has 0 saturated heterocycles. The first-order chi connectivity index (χ1) is 11.1. The Bertz CT molecular complexity index is 409. The molecule has 142 valence electrons. The fraction of sp³-hybridized carbons (Fsp3) is 0.944. The second kappa shape index (κ2) is 9.57. The lowest BCUT2D eigenvalue weighted by molar-refractivity contribution is -0.133. The van der Waals surface area contributed by atoms with Crippen LogP contribution in [0.2, 0.25) is 0 Å². The Morgan fingerprint density at radius 1 is 1.21 bits per heavy atom. The van der Waals surface area contributed by atoms with E-state index in [1.807, 2.05) is 0 Å². The summed E-state index contributed by atoms with van der Waals surface area (Å²) in [6, 6.07) is 0.413. The number of hydrogen-bond acceptors (Lipinski definition) is 3. The van der Waals surface area contributed by atoms with Crippen molar-refractivity contribution in [3.8, 4) is 0 Å². The zero-order valence-electron chi connectivity index (χ0n) is 15.7. The number of guanidine groups is 1. The smallest absolute Gasteiger partial charge is 0.191 e. The fourth-order valence-corrected chi connectivity index (χ4v) is 3.86. The number of nitrogens with one attached hydrogen (secondary N) is 2. The molecule has 0 aromatic rings. The minimum atomic E-state index is 0. The molecule has 2 rings (SSSR count). The van der Waals surface area contributed by atoms with Gasteiger partial charge < -0.3 is 20.5 Å². The molecule has 0 amide bonds. The SMILES string of the molecule is CCNC(=NCC1(CO)CC1)NC1CC(OCC)C1(CC)CC.I. The van der Waals surface area contributed by atoms with E-state index in [4.69, 9.17) is 9.73 Å². The molecule has 0 bridgehead atoms. The maximum Gasteiger partial charge on any atom is 0.191 e. The van der Waals surface area contributed by atoms with Crippen molar-refractivity contribution in [1.82, 2.24) is 10.6 Å². The highest BCUT2D eigenvalue weighted by Crippen LogP contribution is 2.49. The van der Waals surface area contributed by atoms with Gasteiger partial charge >= 0.3 is 0 Å². The van der Waals surface area contributed by atoms with Crippen LogP contribution in [0.25, 0.3) is 0 Å². The van der Waals surface area contributed by atoms with E-state index >= 15 is 0 Å². The lowest BCUT2D eigenvalue weighted by Crippen LogP contribution is -2.65. The van der Waals surface area contributed by atoms with Gasteiger partial charge in [-0.2, -0.15) is 0 Å². The highest BCUT2D eigenvalue weighted by molar-refractivity contribution is 14.0. The van der Waals surface area contributed by atoms with Gasteiger partial charge in [-0.05, 0) is 46.0 Å². The summed E-state index contributed by atoms with van der Waals surface area (Å²) in [6.07, 6.45) is 5.82. The molecule has 3 N–H and O–H groups in total. The van der Waals surface area contributed by atoms with Gasteiger partial charge in [-0.15, -0.1) is 24.0 Å². The van der Waals surface area contributed by atoms with E-state index in [9.17, 15) is 5.11 Å². The fourth-order valence-electron chi connectivity index (χ4n) is 3.86. The van der Waals surface area contributed by atoms with Crippen LogP contribution < -0.4 is 10.6 Å². The Morgan fingerprint density at radius 2 is 1.88 bits per heavy atom. The van der Waals surface area contributed by atoms with Gasteiger partial charge in [-0.1, -0.05) is 13.8 Å². The second-order valence-electron chi connectivity index (χ2n) is 7.17. The van der Waals surface area contributed by atoms with Crippen molar-refractivity contribution in [2.75, 3.05) is 26.3 Å². The van der Waals surface area contributed by atoms with Crippen LogP contribution in [0.1, 0.15) is 59.8 Å². The quantitative estimate of drug-likeness (QED) is 0.285. The van der Waals surface area contributed by atoms with E-state index in [1.165, 1.54) is 0 Å². The molecule has 2 aliphatic rings. The number of aliphatic hydroxyl groups is 1. The second-order valence-corrected chi connectivity index (χ2v) is 7.17. The van der Waals surface area contributed by atoms with E-state index in [2.05, 4.69) is 38.3 Å². The standard InChI is InChI=1S/C18H35N3O2.HI/c1-5-18(6-2)14(11-15(18)23-8-4)21-16(19-7-3)20-12-17(13-22)9-10-17;/h14-15,22H,5-13H2,1-4H3,(H2,19,20,21);1H. The van der Waals surface area contributed by atoms with Crippen molar-refractivity contribution < 1.29 is 9.84 Å². The number of rotatable bonds is 9. The first-order valence-electron chi connectivity index (χ1n) is 9.37. The van der Waals surface area contributed by atoms with Gasteiger partial charge in [0.25, 0.3) is 0 Å². The molecule has 5 nitrogen and oxygen atoms in total. The summed E-state index contributed by atoms with van der Waals surface area (Å²) >= 11 is 0. The maximum absolute atomic E-state index is 9.46. The molecule has 2 fully saturated rings. The van der Waals surface area contributed by atoms with Crippen LogP contribution in [0.5, 0.6) is 0 Å². The van der Waals surface area contributed by atoms with Gasteiger partial charge in [0.05, 0.1) is 19.3 Å². The third-order valence-electron chi connectivity index (χ3n) is 5.99. The lowest BCUT2D eigenvalue weighted by Gasteiger charge is -2.55. The summed E-state index contributed by atoms with van der Waals surface area (Å²) in [6.45, 7) is 11.3. The highest BCUT2D eigenvalue weighted by atomic mass is 127. The molecule has 0 heterocycles. The molecule has 0 aromatic heterocycles. The third-order valence-corrected chi connectivity index (χ3v) is 5.99. The number of halogens is 1. The van der Waals surface area contributed by atoms with Crippen LogP contribution in [0.4, 0.5) is 0 Å². The van der Waals surface area contributed by atoms with Crippen molar-refractivity contribution >= 4 is 29.9 Å². The maximum atomic E-state index is 9.46. The zero-order valence-corrected chi connectivity index (χ0v) is 18.1. The first-order valence-corrected chi connectivity index (χ1v) is 9.37. The Balaban J connectivity index is 0.00000288. The van der Waals surface area contributed by atoms with Crippen LogP contribution in [-0.4, -0.2) is 49.5 Å². The number of ether oxygens (including phenoxy) is 1. The van der Waals surface area contributed by atoms with Crippen molar-refractivity contribution in [2.45, 2.75) is 71.9 Å². The summed E-state index contributed by atoms with van der Waals surface area (Å²) in [4.78, 5) is 4.74. The largest absolute Gasteiger partial charge is 0.396 e. The lowest BCUT2D eigenvalue weighted by atomic mass is 9.58. The molecule has 2 saturated carbocycles. The molecular formula is C18H36IN3O2. The molecule has 0 radical (unpaired) electrons. The number of nitrogens with zero attached hydrogens (tertiary/aromatic N) is 1. The van der Waals surface area contributed by atoms with Crippen LogP contribution in [0.15, 0.2) is 4.99 Å². The molecule has 24 heavy (non-hydrogen) atoms. The average Bonchev–Trinajstić information content (AvgIpc) is 3.33. The number of aliphatic imine (C=N–C) groups is 1. The van der Waals surface area contributed by atoms with Gasteiger partial charge in [0.15, 0.2) is 5.96 Å². The minimum Gasteiger partial charge on any atom is -0.396 e. The normalized spacial score (nSPS) is 27.0. The monoisotopic (exact) mass is 453 g/mol. The molecule has 0 spiro atoms. The van der Waals surface area contributed by atoms with E-state index in [-0.39, 0.29) is 41.4 Å². The minimum absolute atomic E-state index is 0. The Morgan fingerprint density at radius 3 is 2.33 bits per heavy atom. The molecular weight excluding hydrogens is 417 g/mol. The van der Waals surface area contributed by atoms with Gasteiger partial charge in [-0.3, -0.25) is 4.99 Å². The summed E-state index contributed by atoms with van der Waals surface area (Å²) in [5.74, 6) is 0.887. The van der Waals surface area contributed by atoms with Crippen LogP contribution >= 0.6 is 24.0 Å². The Kier molecular flexibility index (Phi) is 8.76. The Hall–Kier alpha value is -0.0800. The molecule has 2 atom stereocenters. The van der Waals surface area contributed by atoms with Gasteiger partial charge in [0.1, 0.15) is 0 Å². The molecule has 0 aliphatic heterocycles. The van der Waals surface area contributed by atoms with Gasteiger partial charge in [-0.25, -0.2) is 0 Å². The van der Waals surface area contributed by atoms with Crippen LogP contribution in [0.3, 0.4) is 0 Å². The predicted octanol–water partition coefficient (Wildman–Crippen LogP) is 2.92. The summed E-state index contributed by atoms with van der Waals surface area (Å²) in [5.41, 5.74) is 0.267. The first kappa shape index (κ1) is 22.0. The number of hydrogen-bond donors (Lipinski definition) is 3. The van der Waals surface area contributed by atoms with E-state index in [1.54, 1.807) is 0 Å². The van der Waals surface area contributed by atoms with Crippen LogP contribution in [-0.2, 0) is 4.74 Å². The molecule has 6 heteroatoms. The number of aliphatic hydroxyl groups excluding tert-OH is 1. The predicted molar refractivity (Wildman–Crippen MR) is 110 cm³/mol. The highest BCUT2D eigenvalue weighted by Gasteiger charge is 2.53. The topological polar surface area (TPSA) is 65.9 Å². The van der Waals surface area contributed by atoms with Gasteiger partial charge in [0, 0.05) is 30.0 Å². The Labute approximate surface area is 164 Å². The van der Waals surface area contributed by atoms with Crippen LogP contribution in [0, 0.1) is 10.8 Å². The van der Waals surface area contributed by atoms with Crippen molar-refractivity contribution in [2.24, 2.45) is 15.8 Å². The summed E-state index contributed by atoms with van der Waals surface area (Å²) in [7, 11) is 0. The molecule has 2 aliphatic carbocycles. The molecule has 2 unspecified atom stereocenters. The van der Waals surface area contributed by atoms with Crippen molar-refractivity contribution in [1.29, 1.82) is 0 Å². The van der Waals surface area contributed by atoms with Crippen molar-refractivity contribution in [3.63, 3.8) is 0 Å².